The highest BCUT2D eigenvalue weighted by molar-refractivity contribution is 9.11. The Hall–Kier alpha value is -1.15. The lowest BCUT2D eigenvalue weighted by Gasteiger charge is -2.32. The molecule has 3 heterocycles. The van der Waals surface area contributed by atoms with Crippen LogP contribution in [0, 0.1) is 0 Å². The molecule has 1 N–H and O–H groups in total. The molecule has 8 heteroatoms. The Morgan fingerprint density at radius 1 is 1.33 bits per heavy atom. The number of ether oxygens (including phenoxy) is 1. The third-order valence-corrected chi connectivity index (χ3v) is 5.04. The van der Waals surface area contributed by atoms with E-state index in [1.807, 2.05) is 26.8 Å². The van der Waals surface area contributed by atoms with E-state index in [0.717, 1.165) is 38.6 Å². The maximum atomic E-state index is 12.2. The Morgan fingerprint density at radius 2 is 2.00 bits per heavy atom. The van der Waals surface area contributed by atoms with E-state index < -0.39 is 5.60 Å². The number of nitrogens with one attached hydrogen (secondary N) is 1. The zero-order valence-electron chi connectivity index (χ0n) is 13.9. The van der Waals surface area contributed by atoms with E-state index in [1.54, 1.807) is 4.90 Å². The minimum atomic E-state index is -0.463. The van der Waals surface area contributed by atoms with Crippen LogP contribution in [0.15, 0.2) is 15.1 Å². The number of aromatic amines is 1. The highest BCUT2D eigenvalue weighted by atomic mass is 79.9. The number of carbonyl (C=O) groups is 1. The van der Waals surface area contributed by atoms with E-state index in [-0.39, 0.29) is 12.0 Å². The molecule has 1 aliphatic rings. The third kappa shape index (κ3) is 3.74. The molecule has 1 saturated heterocycles. The average molecular weight is 460 g/mol. The van der Waals surface area contributed by atoms with Gasteiger partial charge in [-0.05, 0) is 71.5 Å². The van der Waals surface area contributed by atoms with Crippen molar-refractivity contribution >= 4 is 49.0 Å². The van der Waals surface area contributed by atoms with Gasteiger partial charge in [0, 0.05) is 23.5 Å². The first-order valence-corrected chi connectivity index (χ1v) is 9.51. The Kier molecular flexibility index (Phi) is 4.88. The summed E-state index contributed by atoms with van der Waals surface area (Å²) in [6.45, 7) is 6.99. The van der Waals surface area contributed by atoms with Crippen LogP contribution >= 0.6 is 31.9 Å². The van der Waals surface area contributed by atoms with Crippen molar-refractivity contribution in [1.82, 2.24) is 20.1 Å². The first kappa shape index (κ1) is 17.7. The topological polar surface area (TPSA) is 71.1 Å². The summed E-state index contributed by atoms with van der Waals surface area (Å²) in [5.74, 6) is 0.283. The third-order valence-electron chi connectivity index (χ3n) is 4.00. The first-order valence-electron chi connectivity index (χ1n) is 7.92. The highest BCUT2D eigenvalue weighted by Crippen LogP contribution is 2.34. The number of amides is 1. The van der Waals surface area contributed by atoms with Crippen LogP contribution in [0.5, 0.6) is 0 Å². The number of piperidine rings is 1. The molecule has 3 rings (SSSR count). The molecular formula is C16H20Br2N4O2. The average Bonchev–Trinajstić information content (AvgIpc) is 2.89. The van der Waals surface area contributed by atoms with E-state index in [0.29, 0.717) is 13.1 Å². The number of fused-ring (bicyclic) bond motifs is 1. The number of halogens is 2. The molecule has 1 amide bonds. The second-order valence-electron chi connectivity index (χ2n) is 7.00. The van der Waals surface area contributed by atoms with Gasteiger partial charge in [0.05, 0.1) is 11.2 Å². The summed E-state index contributed by atoms with van der Waals surface area (Å²) >= 11 is 6.96. The number of aromatic nitrogens is 3. The molecule has 24 heavy (non-hydrogen) atoms. The zero-order valence-corrected chi connectivity index (χ0v) is 17.1. The van der Waals surface area contributed by atoms with Crippen molar-refractivity contribution in [2.45, 2.75) is 45.1 Å². The van der Waals surface area contributed by atoms with Crippen molar-refractivity contribution in [2.24, 2.45) is 0 Å². The Morgan fingerprint density at radius 3 is 2.62 bits per heavy atom. The minimum absolute atomic E-state index is 0.239. The summed E-state index contributed by atoms with van der Waals surface area (Å²) in [5, 5.41) is 7.54. The number of carbonyl (C=O) groups excluding carboxylic acids is 1. The van der Waals surface area contributed by atoms with Crippen LogP contribution in [0.4, 0.5) is 4.79 Å². The van der Waals surface area contributed by atoms with Crippen LogP contribution in [0.3, 0.4) is 0 Å². The van der Waals surface area contributed by atoms with Crippen LogP contribution in [0.1, 0.15) is 45.2 Å². The standard InChI is InChI=1S/C16H20Br2N4O2/c1-16(2,3)24-15(23)22-6-4-9(5-7-22)12-14-13(21-20-12)10(17)8-11(18)19-14/h8-9H,4-7H2,1-3H3,(H,20,21). The van der Waals surface area contributed by atoms with Crippen molar-refractivity contribution in [3.8, 4) is 0 Å². The van der Waals surface area contributed by atoms with Crippen molar-refractivity contribution in [3.63, 3.8) is 0 Å². The molecule has 0 bridgehead atoms. The van der Waals surface area contributed by atoms with Crippen molar-refractivity contribution < 1.29 is 9.53 Å². The fraction of sp³-hybridized carbons (Fsp3) is 0.562. The smallest absolute Gasteiger partial charge is 0.410 e. The van der Waals surface area contributed by atoms with Crippen LogP contribution in [0.2, 0.25) is 0 Å². The van der Waals surface area contributed by atoms with Gasteiger partial charge in [-0.25, -0.2) is 9.78 Å². The Bertz CT molecular complexity index is 761. The summed E-state index contributed by atoms with van der Waals surface area (Å²) < 4.78 is 7.15. The number of rotatable bonds is 1. The van der Waals surface area contributed by atoms with E-state index in [1.165, 1.54) is 0 Å². The van der Waals surface area contributed by atoms with E-state index in [9.17, 15) is 4.79 Å². The van der Waals surface area contributed by atoms with Gasteiger partial charge in [-0.3, -0.25) is 5.10 Å². The fourth-order valence-corrected chi connectivity index (χ4v) is 4.10. The minimum Gasteiger partial charge on any atom is -0.444 e. The SMILES string of the molecule is CC(C)(C)OC(=O)N1CCC(c2n[nH]c3c(Br)cc(Br)nc23)CC1. The molecule has 130 valence electrons. The van der Waals surface area contributed by atoms with Gasteiger partial charge < -0.3 is 9.64 Å². The van der Waals surface area contributed by atoms with Crippen LogP contribution in [0.25, 0.3) is 11.0 Å². The van der Waals surface area contributed by atoms with Crippen molar-refractivity contribution in [1.29, 1.82) is 0 Å². The molecule has 0 unspecified atom stereocenters. The van der Waals surface area contributed by atoms with Gasteiger partial charge in [0.1, 0.15) is 15.7 Å². The molecular weight excluding hydrogens is 440 g/mol. The lowest BCUT2D eigenvalue weighted by atomic mass is 9.93. The van der Waals surface area contributed by atoms with Gasteiger partial charge in [-0.15, -0.1) is 0 Å². The van der Waals surface area contributed by atoms with Gasteiger partial charge in [0.15, 0.2) is 0 Å². The van der Waals surface area contributed by atoms with Crippen LogP contribution in [-0.2, 0) is 4.74 Å². The fourth-order valence-electron chi connectivity index (χ4n) is 2.89. The van der Waals surface area contributed by atoms with E-state index in [2.05, 4.69) is 47.0 Å². The quantitative estimate of drug-likeness (QED) is 0.632. The van der Waals surface area contributed by atoms with Gasteiger partial charge in [0.2, 0.25) is 0 Å². The number of hydrogen-bond acceptors (Lipinski definition) is 4. The monoisotopic (exact) mass is 458 g/mol. The first-order chi connectivity index (χ1) is 11.2. The molecule has 0 aromatic carbocycles. The summed E-state index contributed by atoms with van der Waals surface area (Å²) in [6.07, 6.45) is 1.46. The largest absolute Gasteiger partial charge is 0.444 e. The molecule has 0 spiro atoms. The molecule has 1 aliphatic heterocycles. The number of hydrogen-bond donors (Lipinski definition) is 1. The van der Waals surface area contributed by atoms with E-state index >= 15 is 0 Å². The van der Waals surface area contributed by atoms with Crippen molar-refractivity contribution in [3.05, 3.63) is 20.8 Å². The Balaban J connectivity index is 1.72. The van der Waals surface area contributed by atoms with Gasteiger partial charge in [-0.2, -0.15) is 5.10 Å². The molecule has 6 nitrogen and oxygen atoms in total. The normalized spacial score (nSPS) is 16.6. The lowest BCUT2D eigenvalue weighted by Crippen LogP contribution is -2.41. The second kappa shape index (κ2) is 6.63. The zero-order chi connectivity index (χ0) is 17.5. The van der Waals surface area contributed by atoms with Crippen LogP contribution < -0.4 is 0 Å². The Labute approximate surface area is 157 Å². The molecule has 0 radical (unpaired) electrons. The number of pyridine rings is 1. The number of nitrogens with zero attached hydrogens (tertiary/aromatic N) is 3. The predicted octanol–water partition coefficient (Wildman–Crippen LogP) is 4.60. The van der Waals surface area contributed by atoms with Gasteiger partial charge in [-0.1, -0.05) is 0 Å². The molecule has 1 fully saturated rings. The molecule has 0 aliphatic carbocycles. The maximum absolute atomic E-state index is 12.2. The highest BCUT2D eigenvalue weighted by Gasteiger charge is 2.29. The molecule has 0 atom stereocenters. The summed E-state index contributed by atoms with van der Waals surface area (Å²) in [5.41, 5.74) is 2.29. The summed E-state index contributed by atoms with van der Waals surface area (Å²) in [4.78, 5) is 18.5. The number of likely N-dealkylation sites (tertiary alicyclic amines) is 1. The van der Waals surface area contributed by atoms with Gasteiger partial charge in [0.25, 0.3) is 0 Å². The lowest BCUT2D eigenvalue weighted by molar-refractivity contribution is 0.0204. The molecule has 0 saturated carbocycles. The summed E-state index contributed by atoms with van der Waals surface area (Å²) in [7, 11) is 0. The molecule has 2 aromatic rings. The van der Waals surface area contributed by atoms with Crippen molar-refractivity contribution in [2.75, 3.05) is 13.1 Å². The molecule has 2 aromatic heterocycles. The van der Waals surface area contributed by atoms with E-state index in [4.69, 9.17) is 4.74 Å². The van der Waals surface area contributed by atoms with Crippen LogP contribution in [-0.4, -0.2) is 44.9 Å². The predicted molar refractivity (Wildman–Crippen MR) is 99.1 cm³/mol. The number of H-pyrrole nitrogens is 1. The second-order valence-corrected chi connectivity index (χ2v) is 8.67. The maximum Gasteiger partial charge on any atom is 0.410 e. The summed E-state index contributed by atoms with van der Waals surface area (Å²) in [6, 6.07) is 1.90. The van der Waals surface area contributed by atoms with Gasteiger partial charge >= 0.3 is 6.09 Å².